The van der Waals surface area contributed by atoms with Crippen molar-refractivity contribution in [3.63, 3.8) is 0 Å². The van der Waals surface area contributed by atoms with Crippen LogP contribution < -0.4 is 4.74 Å². The van der Waals surface area contributed by atoms with E-state index in [4.69, 9.17) is 9.84 Å². The highest BCUT2D eigenvalue weighted by molar-refractivity contribution is 5.96. The molecule has 1 aliphatic rings. The number of nitrogens with zero attached hydrogens (tertiary/aromatic N) is 1. The van der Waals surface area contributed by atoms with Crippen LogP contribution in [0.3, 0.4) is 0 Å². The summed E-state index contributed by atoms with van der Waals surface area (Å²) in [7, 11) is 1.51. The Morgan fingerprint density at radius 3 is 2.76 bits per heavy atom. The Balaban J connectivity index is 2.30. The predicted octanol–water partition coefficient (Wildman–Crippen LogP) is 2.42. The summed E-state index contributed by atoms with van der Waals surface area (Å²) >= 11 is 0. The van der Waals surface area contributed by atoms with Gasteiger partial charge in [0, 0.05) is 29.8 Å². The minimum Gasteiger partial charge on any atom is -0.496 e. The number of hydrogen-bond acceptors (Lipinski definition) is 3. The van der Waals surface area contributed by atoms with Crippen LogP contribution in [0.15, 0.2) is 24.3 Å². The van der Waals surface area contributed by atoms with Gasteiger partial charge in [0.05, 0.1) is 7.11 Å². The molecular formula is C16H19NO4. The second-order valence-electron chi connectivity index (χ2n) is 5.12. The molecule has 2 rings (SSSR count). The van der Waals surface area contributed by atoms with Gasteiger partial charge in [0.25, 0.3) is 5.91 Å². The van der Waals surface area contributed by atoms with Crippen molar-refractivity contribution in [2.24, 2.45) is 0 Å². The second-order valence-corrected chi connectivity index (χ2v) is 5.12. The third kappa shape index (κ3) is 3.42. The van der Waals surface area contributed by atoms with E-state index in [0.29, 0.717) is 16.9 Å². The highest BCUT2D eigenvalue weighted by atomic mass is 16.5. The van der Waals surface area contributed by atoms with E-state index in [1.165, 1.54) is 13.2 Å². The summed E-state index contributed by atoms with van der Waals surface area (Å²) < 4.78 is 5.19. The largest absolute Gasteiger partial charge is 0.496 e. The van der Waals surface area contributed by atoms with Gasteiger partial charge in [-0.1, -0.05) is 0 Å². The number of likely N-dealkylation sites (tertiary alicyclic amines) is 1. The van der Waals surface area contributed by atoms with Gasteiger partial charge >= 0.3 is 5.97 Å². The molecule has 21 heavy (non-hydrogen) atoms. The standard InChI is InChI=1S/C16H19NO4/c1-11-4-3-9-17(11)16(20)13-5-7-14(21-2)12(10-13)6-8-15(18)19/h5-8,10-11H,3-4,9H2,1-2H3,(H,18,19). The fraction of sp³-hybridized carbons (Fsp3) is 0.375. The molecule has 0 aliphatic carbocycles. The first kappa shape index (κ1) is 15.1. The zero-order chi connectivity index (χ0) is 15.4. The molecule has 0 spiro atoms. The average molecular weight is 289 g/mol. The first-order chi connectivity index (χ1) is 10.0. The Morgan fingerprint density at radius 1 is 1.43 bits per heavy atom. The van der Waals surface area contributed by atoms with Gasteiger partial charge in [-0.15, -0.1) is 0 Å². The Bertz CT molecular complexity index is 580. The maximum absolute atomic E-state index is 12.5. The lowest BCUT2D eigenvalue weighted by Crippen LogP contribution is -2.33. The van der Waals surface area contributed by atoms with Crippen LogP contribution in [-0.4, -0.2) is 41.6 Å². The summed E-state index contributed by atoms with van der Waals surface area (Å²) in [4.78, 5) is 25.0. The van der Waals surface area contributed by atoms with Gasteiger partial charge in [0.1, 0.15) is 5.75 Å². The Labute approximate surface area is 123 Å². The molecule has 1 amide bonds. The first-order valence-electron chi connectivity index (χ1n) is 6.93. The lowest BCUT2D eigenvalue weighted by Gasteiger charge is -2.21. The number of ether oxygens (including phenoxy) is 1. The number of methoxy groups -OCH3 is 1. The number of aliphatic carboxylic acids is 1. The zero-order valence-corrected chi connectivity index (χ0v) is 12.2. The highest BCUT2D eigenvalue weighted by Gasteiger charge is 2.26. The number of rotatable bonds is 4. The topological polar surface area (TPSA) is 66.8 Å². The van der Waals surface area contributed by atoms with E-state index in [-0.39, 0.29) is 11.9 Å². The normalized spacial score (nSPS) is 18.2. The van der Waals surface area contributed by atoms with E-state index >= 15 is 0 Å². The number of carbonyl (C=O) groups is 2. The molecular weight excluding hydrogens is 270 g/mol. The van der Waals surface area contributed by atoms with Crippen LogP contribution in [0.5, 0.6) is 5.75 Å². The first-order valence-corrected chi connectivity index (χ1v) is 6.93. The monoisotopic (exact) mass is 289 g/mol. The molecule has 1 fully saturated rings. The van der Waals surface area contributed by atoms with Crippen LogP contribution in [0.1, 0.15) is 35.7 Å². The lowest BCUT2D eigenvalue weighted by molar-refractivity contribution is -0.131. The molecule has 112 valence electrons. The fourth-order valence-corrected chi connectivity index (χ4v) is 2.56. The lowest BCUT2D eigenvalue weighted by atomic mass is 10.1. The van der Waals surface area contributed by atoms with Gasteiger partial charge in [0.2, 0.25) is 0 Å². The van der Waals surface area contributed by atoms with Crippen molar-refractivity contribution in [3.8, 4) is 5.75 Å². The summed E-state index contributed by atoms with van der Waals surface area (Å²) in [5, 5.41) is 8.72. The zero-order valence-electron chi connectivity index (χ0n) is 12.2. The van der Waals surface area contributed by atoms with E-state index in [9.17, 15) is 9.59 Å². The maximum atomic E-state index is 12.5. The molecule has 1 aromatic rings. The minimum absolute atomic E-state index is 0.0207. The van der Waals surface area contributed by atoms with Crippen LogP contribution in [0.2, 0.25) is 0 Å². The Morgan fingerprint density at radius 2 is 2.19 bits per heavy atom. The number of carboxylic acid groups (broad SMARTS) is 1. The number of carbonyl (C=O) groups excluding carboxylic acids is 1. The van der Waals surface area contributed by atoms with Crippen molar-refractivity contribution < 1.29 is 19.4 Å². The molecule has 5 heteroatoms. The third-order valence-electron chi connectivity index (χ3n) is 3.70. The van der Waals surface area contributed by atoms with Gasteiger partial charge in [-0.05, 0) is 44.0 Å². The quantitative estimate of drug-likeness (QED) is 0.864. The van der Waals surface area contributed by atoms with Crippen molar-refractivity contribution >= 4 is 18.0 Å². The van der Waals surface area contributed by atoms with E-state index < -0.39 is 5.97 Å². The minimum atomic E-state index is -1.04. The van der Waals surface area contributed by atoms with Crippen molar-refractivity contribution in [3.05, 3.63) is 35.4 Å². The molecule has 0 aromatic heterocycles. The van der Waals surface area contributed by atoms with Crippen LogP contribution in [0.4, 0.5) is 0 Å². The van der Waals surface area contributed by atoms with Crippen LogP contribution in [0, 0.1) is 0 Å². The van der Waals surface area contributed by atoms with Crippen molar-refractivity contribution in [2.45, 2.75) is 25.8 Å². The summed E-state index contributed by atoms with van der Waals surface area (Å²) in [6, 6.07) is 5.32. The molecule has 1 unspecified atom stereocenters. The molecule has 0 radical (unpaired) electrons. The maximum Gasteiger partial charge on any atom is 0.328 e. The molecule has 5 nitrogen and oxygen atoms in total. The molecule has 1 aromatic carbocycles. The van der Waals surface area contributed by atoms with E-state index in [0.717, 1.165) is 25.5 Å². The number of carboxylic acids is 1. The Kier molecular flexibility index (Phi) is 4.62. The summed E-state index contributed by atoms with van der Waals surface area (Å²) in [6.07, 6.45) is 4.51. The van der Waals surface area contributed by atoms with Crippen molar-refractivity contribution in [2.75, 3.05) is 13.7 Å². The van der Waals surface area contributed by atoms with Crippen LogP contribution in [0.25, 0.3) is 6.08 Å². The average Bonchev–Trinajstić information content (AvgIpc) is 2.90. The molecule has 1 atom stereocenters. The fourth-order valence-electron chi connectivity index (χ4n) is 2.56. The van der Waals surface area contributed by atoms with Gasteiger partial charge in [-0.2, -0.15) is 0 Å². The summed E-state index contributed by atoms with van der Waals surface area (Å²) in [5.41, 5.74) is 1.13. The summed E-state index contributed by atoms with van der Waals surface area (Å²) in [6.45, 7) is 2.81. The molecule has 0 bridgehead atoms. The predicted molar refractivity (Wildman–Crippen MR) is 79.4 cm³/mol. The van der Waals surface area contributed by atoms with Gasteiger partial charge in [-0.25, -0.2) is 4.79 Å². The number of benzene rings is 1. The van der Waals surface area contributed by atoms with E-state index in [2.05, 4.69) is 0 Å². The molecule has 1 aliphatic heterocycles. The SMILES string of the molecule is COc1ccc(C(=O)N2CCCC2C)cc1C=CC(=O)O. The second kappa shape index (κ2) is 6.43. The number of hydrogen-bond donors (Lipinski definition) is 1. The van der Waals surface area contributed by atoms with E-state index in [1.54, 1.807) is 18.2 Å². The van der Waals surface area contributed by atoms with Gasteiger partial charge in [0.15, 0.2) is 0 Å². The Hall–Kier alpha value is -2.30. The van der Waals surface area contributed by atoms with E-state index in [1.807, 2.05) is 11.8 Å². The van der Waals surface area contributed by atoms with Crippen molar-refractivity contribution in [1.82, 2.24) is 4.90 Å². The highest BCUT2D eigenvalue weighted by Crippen LogP contribution is 2.24. The molecule has 1 N–H and O–H groups in total. The molecule has 1 heterocycles. The smallest absolute Gasteiger partial charge is 0.328 e. The molecule has 1 saturated heterocycles. The third-order valence-corrected chi connectivity index (χ3v) is 3.70. The van der Waals surface area contributed by atoms with Gasteiger partial charge in [-0.3, -0.25) is 4.79 Å². The van der Waals surface area contributed by atoms with Crippen LogP contribution >= 0.6 is 0 Å². The number of amides is 1. The van der Waals surface area contributed by atoms with Crippen LogP contribution in [-0.2, 0) is 4.79 Å². The van der Waals surface area contributed by atoms with Crippen molar-refractivity contribution in [1.29, 1.82) is 0 Å². The summed E-state index contributed by atoms with van der Waals surface area (Å²) in [5.74, 6) is -0.520. The molecule has 0 saturated carbocycles. The van der Waals surface area contributed by atoms with Gasteiger partial charge < -0.3 is 14.7 Å².